The molecule has 31 heavy (non-hydrogen) atoms. The molecule has 5 rings (SSSR count). The zero-order valence-corrected chi connectivity index (χ0v) is 16.0. The van der Waals surface area contributed by atoms with Crippen LogP contribution in [0.15, 0.2) is 66.9 Å². The van der Waals surface area contributed by atoms with Crippen LogP contribution in [0.4, 0.5) is 18.9 Å². The van der Waals surface area contributed by atoms with Gasteiger partial charge in [0.15, 0.2) is 6.21 Å². The second kappa shape index (κ2) is 6.77. The second-order valence-electron chi connectivity index (χ2n) is 7.31. The number of allylic oxidation sites excluding steroid dienone is 1. The van der Waals surface area contributed by atoms with Crippen LogP contribution in [0.3, 0.4) is 0 Å². The summed E-state index contributed by atoms with van der Waals surface area (Å²) in [5, 5.41) is 20.4. The average Bonchev–Trinajstić information content (AvgIpc) is 3.32. The average molecular weight is 421 g/mol. The largest absolute Gasteiger partial charge is 0.508 e. The van der Waals surface area contributed by atoms with Gasteiger partial charge in [0.1, 0.15) is 11.5 Å². The first kappa shape index (κ1) is 19.0. The summed E-state index contributed by atoms with van der Waals surface area (Å²) in [4.78, 5) is 6.25. The minimum atomic E-state index is -4.42. The molecule has 1 aliphatic rings. The van der Waals surface area contributed by atoms with Crippen molar-refractivity contribution in [1.82, 2.24) is 4.98 Å². The van der Waals surface area contributed by atoms with E-state index in [4.69, 9.17) is 0 Å². The number of aromatic hydroxyl groups is 2. The van der Waals surface area contributed by atoms with Gasteiger partial charge in [-0.2, -0.15) is 13.2 Å². The highest BCUT2D eigenvalue weighted by Gasteiger charge is 2.31. The van der Waals surface area contributed by atoms with Gasteiger partial charge in [0, 0.05) is 34.3 Å². The fourth-order valence-corrected chi connectivity index (χ4v) is 3.92. The molecule has 0 unspecified atom stereocenters. The molecule has 7 heteroatoms. The predicted molar refractivity (Wildman–Crippen MR) is 112 cm³/mol. The van der Waals surface area contributed by atoms with E-state index in [-0.39, 0.29) is 11.5 Å². The van der Waals surface area contributed by atoms with Crippen molar-refractivity contribution in [3.8, 4) is 11.5 Å². The van der Waals surface area contributed by atoms with E-state index in [1.54, 1.807) is 48.8 Å². The molecule has 154 valence electrons. The normalized spacial score (nSPS) is 14.8. The number of phenols is 2. The Kier molecular flexibility index (Phi) is 4.15. The molecule has 4 N–H and O–H groups in total. The lowest BCUT2D eigenvalue weighted by atomic mass is 9.89. The highest BCUT2D eigenvalue weighted by Crippen LogP contribution is 2.39. The summed E-state index contributed by atoms with van der Waals surface area (Å²) in [5.41, 5.74) is 4.41. The van der Waals surface area contributed by atoms with Gasteiger partial charge < -0.3 is 15.2 Å². The van der Waals surface area contributed by atoms with Crippen molar-refractivity contribution in [3.63, 3.8) is 0 Å². The Morgan fingerprint density at radius 1 is 0.871 bits per heavy atom. The van der Waals surface area contributed by atoms with Gasteiger partial charge in [-0.1, -0.05) is 12.1 Å². The number of phenolic OH excluding ortho intramolecular Hbond substituents is 2. The van der Waals surface area contributed by atoms with E-state index < -0.39 is 11.7 Å². The van der Waals surface area contributed by atoms with E-state index >= 15 is 0 Å². The molecule has 0 fully saturated rings. The van der Waals surface area contributed by atoms with Gasteiger partial charge in [0.25, 0.3) is 0 Å². The van der Waals surface area contributed by atoms with Gasteiger partial charge in [0.2, 0.25) is 5.69 Å². The molecule has 0 amide bonds. The summed E-state index contributed by atoms with van der Waals surface area (Å²) < 4.78 is 39.3. The number of fused-ring (bicyclic) bond motifs is 2. The monoisotopic (exact) mass is 421 g/mol. The Hall–Kier alpha value is -4.00. The maximum Gasteiger partial charge on any atom is 0.416 e. The van der Waals surface area contributed by atoms with Crippen LogP contribution in [-0.2, 0) is 6.18 Å². The lowest BCUT2D eigenvalue weighted by Crippen LogP contribution is -2.58. The van der Waals surface area contributed by atoms with Crippen molar-refractivity contribution in [2.45, 2.75) is 6.18 Å². The molecular weight excluding hydrogens is 405 g/mol. The van der Waals surface area contributed by atoms with Gasteiger partial charge in [-0.25, -0.2) is 4.99 Å². The maximum absolute atomic E-state index is 13.1. The first-order valence-corrected chi connectivity index (χ1v) is 9.47. The number of nitrogens with one attached hydrogen (secondary N) is 2. The van der Waals surface area contributed by atoms with Crippen LogP contribution in [-0.4, -0.2) is 21.4 Å². The second-order valence-corrected chi connectivity index (χ2v) is 7.31. The smallest absolute Gasteiger partial charge is 0.416 e. The van der Waals surface area contributed by atoms with Crippen LogP contribution >= 0.6 is 0 Å². The molecule has 0 aliphatic carbocycles. The fraction of sp³-hybridized carbons (Fsp3) is 0.0417. The van der Waals surface area contributed by atoms with Crippen LogP contribution in [0.1, 0.15) is 22.3 Å². The van der Waals surface area contributed by atoms with Crippen LogP contribution in [0.2, 0.25) is 0 Å². The van der Waals surface area contributed by atoms with Crippen molar-refractivity contribution in [2.75, 3.05) is 0 Å². The Bertz CT molecular complexity index is 1380. The molecule has 0 atom stereocenters. The van der Waals surface area contributed by atoms with E-state index in [1.807, 2.05) is 0 Å². The number of halogens is 3. The quantitative estimate of drug-likeness (QED) is 0.389. The molecule has 0 radical (unpaired) electrons. The van der Waals surface area contributed by atoms with Crippen molar-refractivity contribution in [1.29, 1.82) is 0 Å². The fourth-order valence-electron chi connectivity index (χ4n) is 3.92. The zero-order chi connectivity index (χ0) is 21.8. The SMILES string of the molecule is Oc1ccc2c(c1)[NH+]=C/C2=C(/c1ccc(C(F)(F)F)cc1)c1c[nH]c2cc(O)ccc12. The third kappa shape index (κ3) is 3.24. The number of aromatic nitrogens is 1. The molecule has 0 spiro atoms. The lowest BCUT2D eigenvalue weighted by molar-refractivity contribution is -0.342. The number of hydrogen-bond donors (Lipinski definition) is 4. The molecule has 1 aromatic heterocycles. The minimum absolute atomic E-state index is 0.111. The lowest BCUT2D eigenvalue weighted by Gasteiger charge is -2.12. The summed E-state index contributed by atoms with van der Waals surface area (Å²) in [7, 11) is 0. The summed E-state index contributed by atoms with van der Waals surface area (Å²) in [5.74, 6) is 0.221. The maximum atomic E-state index is 13.1. The first-order chi connectivity index (χ1) is 14.8. The first-order valence-electron chi connectivity index (χ1n) is 9.47. The van der Waals surface area contributed by atoms with Crippen LogP contribution < -0.4 is 4.99 Å². The number of H-pyrrole nitrogens is 1. The van der Waals surface area contributed by atoms with Crippen molar-refractivity contribution in [2.24, 2.45) is 0 Å². The van der Waals surface area contributed by atoms with E-state index in [2.05, 4.69) is 9.98 Å². The molecule has 0 bridgehead atoms. The molecule has 4 nitrogen and oxygen atoms in total. The van der Waals surface area contributed by atoms with Crippen molar-refractivity contribution in [3.05, 3.63) is 89.1 Å². The molecule has 3 aromatic carbocycles. The van der Waals surface area contributed by atoms with E-state index in [0.717, 1.165) is 39.8 Å². The van der Waals surface area contributed by atoms with Gasteiger partial charge >= 0.3 is 6.18 Å². The number of hydrogen-bond acceptors (Lipinski definition) is 2. The number of alkyl halides is 3. The van der Waals surface area contributed by atoms with Crippen molar-refractivity contribution < 1.29 is 28.4 Å². The minimum Gasteiger partial charge on any atom is -0.508 e. The molecule has 0 saturated carbocycles. The Labute approximate surface area is 174 Å². The molecule has 1 aliphatic heterocycles. The number of benzene rings is 3. The highest BCUT2D eigenvalue weighted by atomic mass is 19.4. The molecule has 4 aromatic rings. The van der Waals surface area contributed by atoms with Crippen LogP contribution in [0.25, 0.3) is 22.0 Å². The van der Waals surface area contributed by atoms with Gasteiger partial charge in [-0.15, -0.1) is 0 Å². The van der Waals surface area contributed by atoms with Crippen LogP contribution in [0, 0.1) is 0 Å². The van der Waals surface area contributed by atoms with Gasteiger partial charge in [-0.3, -0.25) is 0 Å². The Balaban J connectivity index is 1.78. The van der Waals surface area contributed by atoms with Gasteiger partial charge in [0.05, 0.1) is 22.8 Å². The third-order valence-electron chi connectivity index (χ3n) is 5.37. The summed E-state index contributed by atoms with van der Waals surface area (Å²) in [6.07, 6.45) is -0.873. The van der Waals surface area contributed by atoms with Crippen molar-refractivity contribution >= 4 is 34.0 Å². The third-order valence-corrected chi connectivity index (χ3v) is 5.37. The Morgan fingerprint density at radius 3 is 2.32 bits per heavy atom. The number of aromatic amines is 1. The van der Waals surface area contributed by atoms with E-state index in [0.29, 0.717) is 16.8 Å². The molecule has 0 saturated heterocycles. The topological polar surface area (TPSA) is 70.2 Å². The van der Waals surface area contributed by atoms with Gasteiger partial charge in [-0.05, 0) is 42.0 Å². The predicted octanol–water partition coefficient (Wildman–Crippen LogP) is 4.35. The summed E-state index contributed by atoms with van der Waals surface area (Å²) in [6.45, 7) is 0. The van der Waals surface area contributed by atoms with E-state index in [9.17, 15) is 23.4 Å². The molecular formula is C24H16F3N2O2+. The number of rotatable bonds is 2. The Morgan fingerprint density at radius 2 is 1.58 bits per heavy atom. The highest BCUT2D eigenvalue weighted by molar-refractivity contribution is 6.24. The standard InChI is InChI=1S/C24H15F3N2O2/c25-24(26,27)14-3-1-13(2-4-14)23(19-11-28-21-9-15(30)5-7-17(19)21)20-12-29-22-10-16(31)6-8-18(20)22/h1-12,28,30-31H/p+1/b23-20+. The summed E-state index contributed by atoms with van der Waals surface area (Å²) >= 11 is 0. The zero-order valence-electron chi connectivity index (χ0n) is 16.0. The summed E-state index contributed by atoms with van der Waals surface area (Å²) in [6, 6.07) is 14.9. The molecule has 2 heterocycles. The van der Waals surface area contributed by atoms with E-state index in [1.165, 1.54) is 12.1 Å². The van der Waals surface area contributed by atoms with Crippen LogP contribution in [0.5, 0.6) is 11.5 Å².